The number of Topliss-reactive ketones (excluding diaryl/α,β-unsaturated/α-hetero) is 1. The normalized spacial score (nSPS) is 14.1. The van der Waals surface area contributed by atoms with Gasteiger partial charge < -0.3 is 0 Å². The van der Waals surface area contributed by atoms with Gasteiger partial charge in [0.15, 0.2) is 11.6 Å². The average molecular weight is 294 g/mol. The third-order valence-electron chi connectivity index (χ3n) is 3.00. The molecule has 0 bridgehead atoms. The SMILES string of the molecule is Cc1ncc(CN2C(=O)C(=O)c3cc(F)c(F)cc32)s1. The first-order chi connectivity index (χ1) is 9.47. The van der Waals surface area contributed by atoms with Gasteiger partial charge in [-0.25, -0.2) is 13.8 Å². The van der Waals surface area contributed by atoms with Gasteiger partial charge in [-0.2, -0.15) is 0 Å². The lowest BCUT2D eigenvalue weighted by atomic mass is 10.1. The minimum Gasteiger partial charge on any atom is -0.299 e. The number of anilines is 1. The molecule has 7 heteroatoms. The number of thiazole rings is 1. The number of halogens is 2. The van der Waals surface area contributed by atoms with Gasteiger partial charge in [0.25, 0.3) is 11.7 Å². The van der Waals surface area contributed by atoms with Crippen molar-refractivity contribution in [2.24, 2.45) is 0 Å². The zero-order valence-electron chi connectivity index (χ0n) is 10.3. The zero-order chi connectivity index (χ0) is 14.4. The number of nitrogens with zero attached hydrogens (tertiary/aromatic N) is 2. The van der Waals surface area contributed by atoms with E-state index in [0.29, 0.717) is 0 Å². The molecule has 0 atom stereocenters. The van der Waals surface area contributed by atoms with E-state index < -0.39 is 23.3 Å². The summed E-state index contributed by atoms with van der Waals surface area (Å²) < 4.78 is 26.5. The zero-order valence-corrected chi connectivity index (χ0v) is 11.1. The molecule has 0 unspecified atom stereocenters. The number of carbonyl (C=O) groups is 2. The second-order valence-electron chi connectivity index (χ2n) is 4.35. The van der Waals surface area contributed by atoms with Crippen LogP contribution in [0.3, 0.4) is 0 Å². The molecule has 0 saturated carbocycles. The average Bonchev–Trinajstić information content (AvgIpc) is 2.90. The molecule has 0 saturated heterocycles. The Bertz CT molecular complexity index is 742. The van der Waals surface area contributed by atoms with Gasteiger partial charge in [-0.15, -0.1) is 11.3 Å². The van der Waals surface area contributed by atoms with E-state index in [0.717, 1.165) is 26.9 Å². The molecule has 2 aromatic rings. The van der Waals surface area contributed by atoms with Crippen LogP contribution in [0, 0.1) is 18.6 Å². The largest absolute Gasteiger partial charge is 0.299 e. The van der Waals surface area contributed by atoms with E-state index in [9.17, 15) is 18.4 Å². The lowest BCUT2D eigenvalue weighted by molar-refractivity contribution is -0.114. The molecule has 0 spiro atoms. The maximum absolute atomic E-state index is 13.3. The molecule has 0 radical (unpaired) electrons. The summed E-state index contributed by atoms with van der Waals surface area (Å²) >= 11 is 1.38. The van der Waals surface area contributed by atoms with Crippen molar-refractivity contribution in [3.63, 3.8) is 0 Å². The third kappa shape index (κ3) is 1.90. The molecule has 1 amide bonds. The number of rotatable bonds is 2. The van der Waals surface area contributed by atoms with Crippen LogP contribution < -0.4 is 4.90 Å². The quantitative estimate of drug-likeness (QED) is 0.799. The minimum absolute atomic E-state index is 0.102. The molecule has 3 rings (SSSR count). The molecule has 0 aliphatic carbocycles. The Morgan fingerprint density at radius 1 is 1.25 bits per heavy atom. The van der Waals surface area contributed by atoms with Crippen LogP contribution in [0.4, 0.5) is 14.5 Å². The van der Waals surface area contributed by atoms with Gasteiger partial charge in [-0.3, -0.25) is 14.5 Å². The molecular formula is C13H8F2N2O2S. The van der Waals surface area contributed by atoms with Crippen LogP contribution >= 0.6 is 11.3 Å². The lowest BCUT2D eigenvalue weighted by Gasteiger charge is -2.15. The highest BCUT2D eigenvalue weighted by molar-refractivity contribution is 7.11. The van der Waals surface area contributed by atoms with E-state index in [1.165, 1.54) is 11.3 Å². The van der Waals surface area contributed by atoms with Gasteiger partial charge in [0.2, 0.25) is 0 Å². The molecule has 1 aliphatic rings. The van der Waals surface area contributed by atoms with Crippen molar-refractivity contribution in [3.05, 3.63) is 45.4 Å². The second kappa shape index (κ2) is 4.45. The molecule has 1 aliphatic heterocycles. The van der Waals surface area contributed by atoms with Crippen molar-refractivity contribution in [2.75, 3.05) is 4.90 Å². The van der Waals surface area contributed by atoms with Crippen molar-refractivity contribution in [1.82, 2.24) is 4.98 Å². The van der Waals surface area contributed by atoms with Crippen molar-refractivity contribution >= 4 is 28.7 Å². The summed E-state index contributed by atoms with van der Waals surface area (Å²) in [7, 11) is 0. The number of aromatic nitrogens is 1. The minimum atomic E-state index is -1.14. The summed E-state index contributed by atoms with van der Waals surface area (Å²) in [5, 5.41) is 0.823. The van der Waals surface area contributed by atoms with Gasteiger partial charge in [-0.1, -0.05) is 0 Å². The van der Waals surface area contributed by atoms with E-state index in [1.54, 1.807) is 6.20 Å². The summed E-state index contributed by atoms with van der Waals surface area (Å²) in [5.41, 5.74) is 0.0000836. The van der Waals surface area contributed by atoms with Crippen LogP contribution in [-0.4, -0.2) is 16.7 Å². The summed E-state index contributed by atoms with van der Waals surface area (Å²) in [6.07, 6.45) is 1.59. The maximum atomic E-state index is 13.3. The molecule has 102 valence electrons. The van der Waals surface area contributed by atoms with Gasteiger partial charge in [0.05, 0.1) is 22.8 Å². The van der Waals surface area contributed by atoms with Crippen LogP contribution in [0.1, 0.15) is 20.2 Å². The summed E-state index contributed by atoms with van der Waals surface area (Å²) in [4.78, 5) is 29.6. The number of ketones is 1. The topological polar surface area (TPSA) is 50.3 Å². The Labute approximate surface area is 116 Å². The van der Waals surface area contributed by atoms with Crippen molar-refractivity contribution < 1.29 is 18.4 Å². The second-order valence-corrected chi connectivity index (χ2v) is 5.67. The van der Waals surface area contributed by atoms with Gasteiger partial charge in [0, 0.05) is 17.1 Å². The number of carbonyl (C=O) groups excluding carboxylic acids is 2. The lowest BCUT2D eigenvalue weighted by Crippen LogP contribution is -2.28. The summed E-state index contributed by atoms with van der Waals surface area (Å²) in [6.45, 7) is 1.93. The number of aryl methyl sites for hydroxylation is 1. The number of amides is 1. The van der Waals surface area contributed by atoms with Gasteiger partial charge in [0.1, 0.15) is 0 Å². The third-order valence-corrected chi connectivity index (χ3v) is 3.89. The number of benzene rings is 1. The molecule has 4 nitrogen and oxygen atoms in total. The van der Waals surface area contributed by atoms with Crippen LogP contribution in [0.2, 0.25) is 0 Å². The molecule has 2 heterocycles. The van der Waals surface area contributed by atoms with E-state index >= 15 is 0 Å². The Morgan fingerprint density at radius 3 is 2.60 bits per heavy atom. The first-order valence-electron chi connectivity index (χ1n) is 5.74. The van der Waals surface area contributed by atoms with Crippen LogP contribution in [0.15, 0.2) is 18.3 Å². The first kappa shape index (κ1) is 12.9. The number of hydrogen-bond acceptors (Lipinski definition) is 4. The highest BCUT2D eigenvalue weighted by atomic mass is 32.1. The van der Waals surface area contributed by atoms with Crippen LogP contribution in [-0.2, 0) is 11.3 Å². The van der Waals surface area contributed by atoms with Crippen LogP contribution in [0.5, 0.6) is 0 Å². The predicted molar refractivity (Wildman–Crippen MR) is 68.7 cm³/mol. The fraction of sp³-hybridized carbons (Fsp3) is 0.154. The first-order valence-corrected chi connectivity index (χ1v) is 6.55. The highest BCUT2D eigenvalue weighted by Gasteiger charge is 2.37. The van der Waals surface area contributed by atoms with E-state index in [2.05, 4.69) is 4.98 Å². The van der Waals surface area contributed by atoms with Crippen molar-refractivity contribution in [2.45, 2.75) is 13.5 Å². The van der Waals surface area contributed by atoms with Crippen molar-refractivity contribution in [1.29, 1.82) is 0 Å². The Hall–Kier alpha value is -2.15. The molecule has 1 aromatic heterocycles. The molecule has 0 N–H and O–H groups in total. The van der Waals surface area contributed by atoms with Crippen molar-refractivity contribution in [3.8, 4) is 0 Å². The maximum Gasteiger partial charge on any atom is 0.299 e. The number of fused-ring (bicyclic) bond motifs is 1. The van der Waals surface area contributed by atoms with E-state index in [-0.39, 0.29) is 17.8 Å². The fourth-order valence-electron chi connectivity index (χ4n) is 2.08. The Morgan fingerprint density at radius 2 is 1.95 bits per heavy atom. The monoisotopic (exact) mass is 294 g/mol. The Kier molecular flexibility index (Phi) is 2.86. The number of hydrogen-bond donors (Lipinski definition) is 0. The fourth-order valence-corrected chi connectivity index (χ4v) is 2.86. The predicted octanol–water partition coefficient (Wildman–Crippen LogP) is 2.46. The molecule has 1 aromatic carbocycles. The molecule has 20 heavy (non-hydrogen) atoms. The smallest absolute Gasteiger partial charge is 0.299 e. The molecular weight excluding hydrogens is 286 g/mol. The standard InChI is InChI=1S/C13H8F2N2O2S/c1-6-16-4-7(20-6)5-17-11-3-10(15)9(14)2-8(11)12(18)13(17)19/h2-4H,5H2,1H3. The van der Waals surface area contributed by atoms with Gasteiger partial charge in [-0.05, 0) is 13.0 Å². The highest BCUT2D eigenvalue weighted by Crippen LogP contribution is 2.32. The Balaban J connectivity index is 2.03. The summed E-state index contributed by atoms with van der Waals surface area (Å²) in [5.74, 6) is -3.83. The van der Waals surface area contributed by atoms with E-state index in [1.807, 2.05) is 6.92 Å². The van der Waals surface area contributed by atoms with Gasteiger partial charge >= 0.3 is 0 Å². The summed E-state index contributed by atoms with van der Waals surface area (Å²) in [6, 6.07) is 1.64. The van der Waals surface area contributed by atoms with Crippen LogP contribution in [0.25, 0.3) is 0 Å². The van der Waals surface area contributed by atoms with E-state index in [4.69, 9.17) is 0 Å². The molecule has 0 fully saturated rings.